The third-order valence-corrected chi connectivity index (χ3v) is 3.34. The molecule has 2 aromatic heterocycles. The quantitative estimate of drug-likeness (QED) is 0.900. The molecule has 108 valence electrons. The van der Waals surface area contributed by atoms with Crippen LogP contribution in [0.15, 0.2) is 21.3 Å². The molecule has 0 bridgehead atoms. The summed E-state index contributed by atoms with van der Waals surface area (Å²) in [6.07, 6.45) is 0. The summed E-state index contributed by atoms with van der Waals surface area (Å²) in [7, 11) is 0. The minimum atomic E-state index is -0.121. The second-order valence-corrected chi connectivity index (χ2v) is 5.25. The van der Waals surface area contributed by atoms with E-state index in [2.05, 4.69) is 22.2 Å². The summed E-state index contributed by atoms with van der Waals surface area (Å²) in [5.41, 5.74) is 1.73. The van der Waals surface area contributed by atoms with Crippen molar-refractivity contribution in [1.82, 2.24) is 15.3 Å². The molecule has 0 spiro atoms. The van der Waals surface area contributed by atoms with Gasteiger partial charge in [0.1, 0.15) is 17.3 Å². The van der Waals surface area contributed by atoms with Gasteiger partial charge in [0.25, 0.3) is 5.56 Å². The monoisotopic (exact) mass is 275 g/mol. The van der Waals surface area contributed by atoms with Crippen LogP contribution in [-0.4, -0.2) is 9.97 Å². The van der Waals surface area contributed by atoms with Gasteiger partial charge in [-0.15, -0.1) is 0 Å². The standard InChI is InChI=1S/C15H21N3O2/c1-8-6-14(19)18-15(16-8)11(4)17-10(3)13-7-9(2)20-12(13)5/h6-7,10-11,17H,1-5H3,(H,16,18,19). The van der Waals surface area contributed by atoms with Gasteiger partial charge in [0.05, 0.1) is 6.04 Å². The SMILES string of the molecule is Cc1cc(=O)[nH]c(C(C)NC(C)c2cc(C)oc2C)n1. The summed E-state index contributed by atoms with van der Waals surface area (Å²) in [4.78, 5) is 18.6. The van der Waals surface area contributed by atoms with E-state index in [1.807, 2.05) is 33.8 Å². The maximum Gasteiger partial charge on any atom is 0.251 e. The highest BCUT2D eigenvalue weighted by atomic mass is 16.3. The van der Waals surface area contributed by atoms with E-state index < -0.39 is 0 Å². The molecule has 20 heavy (non-hydrogen) atoms. The number of nitrogens with zero attached hydrogens (tertiary/aromatic N) is 1. The summed E-state index contributed by atoms with van der Waals surface area (Å²) in [5, 5.41) is 3.43. The van der Waals surface area contributed by atoms with Crippen LogP contribution in [0.2, 0.25) is 0 Å². The van der Waals surface area contributed by atoms with E-state index in [1.165, 1.54) is 6.07 Å². The van der Waals surface area contributed by atoms with E-state index in [-0.39, 0.29) is 17.6 Å². The minimum Gasteiger partial charge on any atom is -0.466 e. The van der Waals surface area contributed by atoms with Crippen LogP contribution in [0.4, 0.5) is 0 Å². The number of H-pyrrole nitrogens is 1. The number of aromatic amines is 1. The van der Waals surface area contributed by atoms with Gasteiger partial charge in [0, 0.05) is 23.4 Å². The average Bonchev–Trinajstić information content (AvgIpc) is 2.67. The number of nitrogens with one attached hydrogen (secondary N) is 2. The maximum atomic E-state index is 11.5. The Morgan fingerprint density at radius 1 is 1.20 bits per heavy atom. The van der Waals surface area contributed by atoms with E-state index in [0.717, 1.165) is 22.8 Å². The van der Waals surface area contributed by atoms with Crippen LogP contribution in [0.3, 0.4) is 0 Å². The molecule has 2 rings (SSSR count). The Morgan fingerprint density at radius 2 is 1.90 bits per heavy atom. The first-order valence-corrected chi connectivity index (χ1v) is 6.77. The molecular weight excluding hydrogens is 254 g/mol. The van der Waals surface area contributed by atoms with Crippen molar-refractivity contribution >= 4 is 0 Å². The normalized spacial score (nSPS) is 14.2. The van der Waals surface area contributed by atoms with Crippen molar-refractivity contribution in [2.45, 2.75) is 46.7 Å². The summed E-state index contributed by atoms with van der Waals surface area (Å²) < 4.78 is 5.55. The van der Waals surface area contributed by atoms with Crippen molar-refractivity contribution in [2.75, 3.05) is 0 Å². The van der Waals surface area contributed by atoms with E-state index in [1.54, 1.807) is 0 Å². The Labute approximate surface area is 118 Å². The molecule has 0 aliphatic carbocycles. The maximum absolute atomic E-state index is 11.5. The van der Waals surface area contributed by atoms with Gasteiger partial charge in [0.15, 0.2) is 0 Å². The Hall–Kier alpha value is -1.88. The molecule has 5 nitrogen and oxygen atoms in total. The van der Waals surface area contributed by atoms with Gasteiger partial charge < -0.3 is 14.7 Å². The number of aromatic nitrogens is 2. The molecule has 0 saturated carbocycles. The second-order valence-electron chi connectivity index (χ2n) is 5.25. The molecule has 2 aromatic rings. The molecule has 0 aliphatic heterocycles. The van der Waals surface area contributed by atoms with Crippen LogP contribution in [0.25, 0.3) is 0 Å². The Bertz CT molecular complexity index is 657. The first-order chi connectivity index (χ1) is 9.36. The fraction of sp³-hybridized carbons (Fsp3) is 0.467. The highest BCUT2D eigenvalue weighted by Gasteiger charge is 2.17. The number of hydrogen-bond acceptors (Lipinski definition) is 4. The topological polar surface area (TPSA) is 70.9 Å². The molecular formula is C15H21N3O2. The van der Waals surface area contributed by atoms with Gasteiger partial charge in [-0.1, -0.05) is 0 Å². The van der Waals surface area contributed by atoms with Crippen LogP contribution in [0.1, 0.15) is 54.5 Å². The Kier molecular flexibility index (Phi) is 4.09. The zero-order chi connectivity index (χ0) is 14.9. The van der Waals surface area contributed by atoms with Crippen molar-refractivity contribution in [3.05, 3.63) is 51.1 Å². The van der Waals surface area contributed by atoms with E-state index in [0.29, 0.717) is 5.82 Å². The Balaban J connectivity index is 2.16. The van der Waals surface area contributed by atoms with E-state index in [4.69, 9.17) is 4.42 Å². The molecule has 0 aliphatic rings. The van der Waals surface area contributed by atoms with Crippen LogP contribution in [0.5, 0.6) is 0 Å². The van der Waals surface area contributed by atoms with Crippen LogP contribution >= 0.6 is 0 Å². The molecule has 0 aromatic carbocycles. The summed E-state index contributed by atoms with van der Waals surface area (Å²) in [6, 6.07) is 3.59. The number of hydrogen-bond donors (Lipinski definition) is 2. The largest absolute Gasteiger partial charge is 0.466 e. The molecule has 0 radical (unpaired) electrons. The van der Waals surface area contributed by atoms with Crippen molar-refractivity contribution in [2.24, 2.45) is 0 Å². The highest BCUT2D eigenvalue weighted by molar-refractivity contribution is 5.23. The van der Waals surface area contributed by atoms with Gasteiger partial charge in [-0.3, -0.25) is 4.79 Å². The molecule has 0 fully saturated rings. The lowest BCUT2D eigenvalue weighted by Gasteiger charge is -2.19. The lowest BCUT2D eigenvalue weighted by atomic mass is 10.1. The third-order valence-electron chi connectivity index (χ3n) is 3.34. The van der Waals surface area contributed by atoms with Gasteiger partial charge in [-0.2, -0.15) is 0 Å². The third kappa shape index (κ3) is 3.17. The molecule has 0 amide bonds. The molecule has 2 N–H and O–H groups in total. The van der Waals surface area contributed by atoms with Crippen LogP contribution < -0.4 is 10.9 Å². The first kappa shape index (κ1) is 14.5. The van der Waals surface area contributed by atoms with Gasteiger partial charge in [-0.25, -0.2) is 4.98 Å². The predicted octanol–water partition coefficient (Wildman–Crippen LogP) is 2.70. The van der Waals surface area contributed by atoms with E-state index >= 15 is 0 Å². The van der Waals surface area contributed by atoms with Crippen molar-refractivity contribution in [3.8, 4) is 0 Å². The van der Waals surface area contributed by atoms with E-state index in [9.17, 15) is 4.79 Å². The lowest BCUT2D eigenvalue weighted by Crippen LogP contribution is -2.26. The van der Waals surface area contributed by atoms with Crippen molar-refractivity contribution in [3.63, 3.8) is 0 Å². The molecule has 2 unspecified atom stereocenters. The first-order valence-electron chi connectivity index (χ1n) is 6.77. The lowest BCUT2D eigenvalue weighted by molar-refractivity contribution is 0.457. The second kappa shape index (κ2) is 5.63. The highest BCUT2D eigenvalue weighted by Crippen LogP contribution is 2.23. The van der Waals surface area contributed by atoms with Gasteiger partial charge >= 0.3 is 0 Å². The molecule has 5 heteroatoms. The smallest absolute Gasteiger partial charge is 0.251 e. The molecule has 2 heterocycles. The number of rotatable bonds is 4. The minimum absolute atomic E-state index is 0.0489. The predicted molar refractivity (Wildman–Crippen MR) is 77.7 cm³/mol. The fourth-order valence-corrected chi connectivity index (χ4v) is 2.43. The summed E-state index contributed by atoms with van der Waals surface area (Å²) in [6.45, 7) is 9.76. The van der Waals surface area contributed by atoms with Gasteiger partial charge in [0.2, 0.25) is 0 Å². The fourth-order valence-electron chi connectivity index (χ4n) is 2.43. The Morgan fingerprint density at radius 3 is 2.45 bits per heavy atom. The number of aryl methyl sites for hydroxylation is 3. The summed E-state index contributed by atoms with van der Waals surface area (Å²) >= 11 is 0. The summed E-state index contributed by atoms with van der Waals surface area (Å²) in [5.74, 6) is 2.47. The van der Waals surface area contributed by atoms with Crippen molar-refractivity contribution < 1.29 is 4.42 Å². The van der Waals surface area contributed by atoms with Crippen LogP contribution in [0, 0.1) is 20.8 Å². The number of furan rings is 1. The molecule has 2 atom stereocenters. The zero-order valence-electron chi connectivity index (χ0n) is 12.6. The van der Waals surface area contributed by atoms with Crippen LogP contribution in [-0.2, 0) is 0 Å². The average molecular weight is 275 g/mol. The van der Waals surface area contributed by atoms with Crippen molar-refractivity contribution in [1.29, 1.82) is 0 Å². The zero-order valence-corrected chi connectivity index (χ0v) is 12.6. The van der Waals surface area contributed by atoms with Gasteiger partial charge in [-0.05, 0) is 40.7 Å². The molecule has 0 saturated heterocycles.